The fraction of sp³-hybridized carbons (Fsp3) is 0.286. The number of fused-ring (bicyclic) bond motifs is 4. The Morgan fingerprint density at radius 1 is 1.03 bits per heavy atom. The van der Waals surface area contributed by atoms with Crippen LogP contribution in [-0.4, -0.2) is 28.1 Å². The normalized spacial score (nSPS) is 23.1. The van der Waals surface area contributed by atoms with Crippen molar-refractivity contribution in [2.45, 2.75) is 31.2 Å². The first kappa shape index (κ1) is 20.1. The zero-order valence-corrected chi connectivity index (χ0v) is 19.6. The van der Waals surface area contributed by atoms with Gasteiger partial charge in [-0.05, 0) is 82.5 Å². The number of hydrogen-bond acceptors (Lipinski definition) is 2. The lowest BCUT2D eigenvalue weighted by Crippen LogP contribution is -2.53. The van der Waals surface area contributed by atoms with E-state index in [4.69, 9.17) is 0 Å². The van der Waals surface area contributed by atoms with Crippen molar-refractivity contribution in [1.82, 2.24) is 9.88 Å². The molecule has 4 aromatic rings. The van der Waals surface area contributed by atoms with Gasteiger partial charge in [0.15, 0.2) is 0 Å². The molecular weight excluding hydrogens is 460 g/mol. The van der Waals surface area contributed by atoms with Crippen molar-refractivity contribution in [3.05, 3.63) is 99.7 Å². The van der Waals surface area contributed by atoms with Gasteiger partial charge in [0, 0.05) is 34.1 Å². The lowest BCUT2D eigenvalue weighted by Gasteiger charge is -2.51. The predicted molar refractivity (Wildman–Crippen MR) is 133 cm³/mol. The predicted octanol–water partition coefficient (Wildman–Crippen LogP) is 6.19. The number of benzene rings is 3. The summed E-state index contributed by atoms with van der Waals surface area (Å²) in [7, 11) is 0. The number of aromatic amines is 1. The second kappa shape index (κ2) is 7.79. The molecule has 1 aromatic heterocycles. The van der Waals surface area contributed by atoms with Crippen LogP contribution in [0, 0.1) is 5.92 Å². The zero-order chi connectivity index (χ0) is 21.7. The van der Waals surface area contributed by atoms with E-state index in [9.17, 15) is 5.11 Å². The molecule has 2 heterocycles. The smallest absolute Gasteiger partial charge is 0.115 e. The maximum Gasteiger partial charge on any atom is 0.115 e. The van der Waals surface area contributed by atoms with Crippen LogP contribution in [0.4, 0.5) is 0 Å². The molecule has 0 bridgehead atoms. The summed E-state index contributed by atoms with van der Waals surface area (Å²) in [4.78, 5) is 6.38. The summed E-state index contributed by atoms with van der Waals surface area (Å²) < 4.78 is 1.13. The topological polar surface area (TPSA) is 39.3 Å². The molecule has 4 heteroatoms. The average molecular weight is 487 g/mol. The zero-order valence-electron chi connectivity index (χ0n) is 18.0. The van der Waals surface area contributed by atoms with Gasteiger partial charge in [0.1, 0.15) is 5.75 Å². The number of aromatic nitrogens is 1. The van der Waals surface area contributed by atoms with E-state index >= 15 is 0 Å². The molecule has 162 valence electrons. The molecule has 2 unspecified atom stereocenters. The van der Waals surface area contributed by atoms with Gasteiger partial charge in [0.05, 0.1) is 5.52 Å². The molecule has 32 heavy (non-hydrogen) atoms. The van der Waals surface area contributed by atoms with E-state index in [1.807, 2.05) is 12.1 Å². The highest BCUT2D eigenvalue weighted by Gasteiger charge is 2.48. The number of H-pyrrole nitrogens is 1. The summed E-state index contributed by atoms with van der Waals surface area (Å²) >= 11 is 3.74. The quantitative estimate of drug-likeness (QED) is 0.362. The van der Waals surface area contributed by atoms with E-state index in [0.717, 1.165) is 43.4 Å². The molecule has 0 saturated carbocycles. The standard InChI is InChI=1S/C28H27BrN2O/c29-25-11-5-10-23-24-15-21-18-31(17-19-6-2-1-3-7-19)13-12-28(21,16-26(24)30-27(23)25)20-8-4-9-22(32)14-20/h1-11,14,21,30,32H,12-13,15-18H2. The largest absolute Gasteiger partial charge is 0.508 e. The van der Waals surface area contributed by atoms with Crippen LogP contribution < -0.4 is 0 Å². The fourth-order valence-electron chi connectivity index (χ4n) is 6.15. The first-order valence-corrected chi connectivity index (χ1v) is 12.3. The Kier molecular flexibility index (Phi) is 4.89. The molecular formula is C28H27BrN2O. The Bertz CT molecular complexity index is 1280. The summed E-state index contributed by atoms with van der Waals surface area (Å²) in [5.41, 5.74) is 6.76. The van der Waals surface area contributed by atoms with Gasteiger partial charge in [-0.3, -0.25) is 4.90 Å². The number of rotatable bonds is 3. The van der Waals surface area contributed by atoms with Crippen LogP contribution in [0.25, 0.3) is 10.9 Å². The van der Waals surface area contributed by atoms with E-state index in [1.165, 1.54) is 33.3 Å². The maximum atomic E-state index is 10.3. The van der Waals surface area contributed by atoms with Crippen molar-refractivity contribution < 1.29 is 5.11 Å². The molecule has 0 spiro atoms. The van der Waals surface area contributed by atoms with Gasteiger partial charge in [0.25, 0.3) is 0 Å². The molecule has 3 nitrogen and oxygen atoms in total. The van der Waals surface area contributed by atoms with Crippen LogP contribution in [0.5, 0.6) is 5.75 Å². The number of halogens is 1. The molecule has 6 rings (SSSR count). The molecule has 2 N–H and O–H groups in total. The first-order chi connectivity index (χ1) is 15.6. The first-order valence-electron chi connectivity index (χ1n) is 11.5. The summed E-state index contributed by atoms with van der Waals surface area (Å²) in [6.07, 6.45) is 3.16. The number of hydrogen-bond donors (Lipinski definition) is 2. The molecule has 0 amide bonds. The Morgan fingerprint density at radius 2 is 1.88 bits per heavy atom. The van der Waals surface area contributed by atoms with Crippen LogP contribution in [0.1, 0.15) is 28.8 Å². The van der Waals surface area contributed by atoms with Crippen molar-refractivity contribution in [2.24, 2.45) is 5.92 Å². The van der Waals surface area contributed by atoms with Gasteiger partial charge in [-0.2, -0.15) is 0 Å². The Hall–Kier alpha value is -2.56. The summed E-state index contributed by atoms with van der Waals surface area (Å²) in [5, 5.41) is 11.6. The fourth-order valence-corrected chi connectivity index (χ4v) is 6.62. The molecule has 0 radical (unpaired) electrons. The number of aromatic hydroxyl groups is 1. The summed E-state index contributed by atoms with van der Waals surface area (Å²) in [6.45, 7) is 3.14. The van der Waals surface area contributed by atoms with Crippen LogP contribution in [0.2, 0.25) is 0 Å². The Balaban J connectivity index is 1.42. The van der Waals surface area contributed by atoms with Crippen LogP contribution in [0.15, 0.2) is 77.3 Å². The molecule has 1 fully saturated rings. The van der Waals surface area contributed by atoms with E-state index in [1.54, 1.807) is 6.07 Å². The van der Waals surface area contributed by atoms with Crippen LogP contribution >= 0.6 is 15.9 Å². The van der Waals surface area contributed by atoms with Crippen LogP contribution in [0.3, 0.4) is 0 Å². The minimum atomic E-state index is 0.0479. The Labute approximate surface area is 197 Å². The molecule has 3 aromatic carbocycles. The minimum Gasteiger partial charge on any atom is -0.508 e. The number of phenolic OH excluding ortho intramolecular Hbond substituents is 1. The number of nitrogens with one attached hydrogen (secondary N) is 1. The highest BCUT2D eigenvalue weighted by atomic mass is 79.9. The van der Waals surface area contributed by atoms with Gasteiger partial charge in [-0.1, -0.05) is 54.6 Å². The molecule has 2 aliphatic rings. The number of nitrogens with zero attached hydrogens (tertiary/aromatic N) is 1. The SMILES string of the molecule is Oc1cccc(C23CCN(Cc4ccccc4)CC2Cc2c([nH]c4c(Br)cccc24)C3)c1. The molecule has 1 saturated heterocycles. The number of phenols is 1. The summed E-state index contributed by atoms with van der Waals surface area (Å²) in [5.74, 6) is 0.875. The van der Waals surface area contributed by atoms with Crippen molar-refractivity contribution >= 4 is 26.8 Å². The van der Waals surface area contributed by atoms with Crippen molar-refractivity contribution in [3.8, 4) is 5.75 Å². The van der Waals surface area contributed by atoms with Gasteiger partial charge in [-0.25, -0.2) is 0 Å². The van der Waals surface area contributed by atoms with E-state index in [-0.39, 0.29) is 5.41 Å². The number of piperidine rings is 1. The van der Waals surface area contributed by atoms with E-state index in [0.29, 0.717) is 11.7 Å². The number of likely N-dealkylation sites (tertiary alicyclic amines) is 1. The third-order valence-electron chi connectivity index (χ3n) is 7.73. The van der Waals surface area contributed by atoms with Gasteiger partial charge < -0.3 is 10.1 Å². The average Bonchev–Trinajstić information content (AvgIpc) is 3.17. The van der Waals surface area contributed by atoms with E-state index < -0.39 is 0 Å². The highest BCUT2D eigenvalue weighted by Crippen LogP contribution is 2.50. The lowest BCUT2D eigenvalue weighted by molar-refractivity contribution is 0.0765. The van der Waals surface area contributed by atoms with Gasteiger partial charge in [-0.15, -0.1) is 0 Å². The minimum absolute atomic E-state index is 0.0479. The van der Waals surface area contributed by atoms with Gasteiger partial charge >= 0.3 is 0 Å². The second-order valence-corrected chi connectivity index (χ2v) is 10.4. The molecule has 2 atom stereocenters. The monoisotopic (exact) mass is 486 g/mol. The second-order valence-electron chi connectivity index (χ2n) is 9.50. The third kappa shape index (κ3) is 3.28. The van der Waals surface area contributed by atoms with Crippen molar-refractivity contribution in [3.63, 3.8) is 0 Å². The van der Waals surface area contributed by atoms with Crippen molar-refractivity contribution in [2.75, 3.05) is 13.1 Å². The summed E-state index contributed by atoms with van der Waals surface area (Å²) in [6, 6.07) is 25.3. The van der Waals surface area contributed by atoms with Gasteiger partial charge in [0.2, 0.25) is 0 Å². The molecule has 1 aliphatic carbocycles. The molecule has 1 aliphatic heterocycles. The maximum absolute atomic E-state index is 10.3. The highest BCUT2D eigenvalue weighted by molar-refractivity contribution is 9.10. The lowest BCUT2D eigenvalue weighted by atomic mass is 9.58. The van der Waals surface area contributed by atoms with Crippen LogP contribution in [-0.2, 0) is 24.8 Å². The third-order valence-corrected chi connectivity index (χ3v) is 8.39. The number of para-hydroxylation sites is 1. The Morgan fingerprint density at radius 3 is 2.72 bits per heavy atom. The van der Waals surface area contributed by atoms with Crippen molar-refractivity contribution in [1.29, 1.82) is 0 Å². The van der Waals surface area contributed by atoms with E-state index in [2.05, 4.69) is 80.4 Å².